The Morgan fingerprint density at radius 1 is 1.42 bits per heavy atom. The molecule has 2 N–H and O–H groups in total. The molecule has 1 saturated heterocycles. The van der Waals surface area contributed by atoms with Gasteiger partial charge in [0.15, 0.2) is 0 Å². The standard InChI is InChI=1S/C13H20N2O3S/c1-15(9-11-5-2-3-7-13(11)14)19(16,17)10-12-6-4-8-18-12/h2-3,5,7,12H,4,6,8-10,14H2,1H3. The van der Waals surface area contributed by atoms with E-state index in [1.807, 2.05) is 18.2 Å². The molecule has 0 radical (unpaired) electrons. The molecule has 1 aromatic carbocycles. The van der Waals surface area contributed by atoms with Crippen molar-refractivity contribution in [3.63, 3.8) is 0 Å². The van der Waals surface area contributed by atoms with E-state index < -0.39 is 10.0 Å². The average Bonchev–Trinajstić information content (AvgIpc) is 2.84. The van der Waals surface area contributed by atoms with Crippen LogP contribution in [0.5, 0.6) is 0 Å². The van der Waals surface area contributed by atoms with Gasteiger partial charge in [-0.2, -0.15) is 0 Å². The molecule has 0 bridgehead atoms. The third-order valence-corrected chi connectivity index (χ3v) is 5.22. The number of nitrogens with zero attached hydrogens (tertiary/aromatic N) is 1. The van der Waals surface area contributed by atoms with Crippen LogP contribution < -0.4 is 5.73 Å². The van der Waals surface area contributed by atoms with E-state index in [2.05, 4.69) is 0 Å². The van der Waals surface area contributed by atoms with E-state index in [1.165, 1.54) is 4.31 Å². The maximum Gasteiger partial charge on any atom is 0.216 e. The smallest absolute Gasteiger partial charge is 0.216 e. The zero-order valence-corrected chi connectivity index (χ0v) is 11.9. The zero-order valence-electron chi connectivity index (χ0n) is 11.1. The Morgan fingerprint density at radius 2 is 2.16 bits per heavy atom. The van der Waals surface area contributed by atoms with Crippen molar-refractivity contribution in [2.75, 3.05) is 25.1 Å². The van der Waals surface area contributed by atoms with Crippen molar-refractivity contribution in [2.24, 2.45) is 0 Å². The lowest BCUT2D eigenvalue weighted by atomic mass is 10.2. The van der Waals surface area contributed by atoms with Gasteiger partial charge in [0.25, 0.3) is 0 Å². The van der Waals surface area contributed by atoms with Crippen molar-refractivity contribution < 1.29 is 13.2 Å². The van der Waals surface area contributed by atoms with Crippen LogP contribution in [0.3, 0.4) is 0 Å². The number of nitrogen functional groups attached to an aromatic ring is 1. The number of para-hydroxylation sites is 1. The van der Waals surface area contributed by atoms with Gasteiger partial charge in [0, 0.05) is 25.9 Å². The number of nitrogens with two attached hydrogens (primary N) is 1. The Balaban J connectivity index is 2.02. The van der Waals surface area contributed by atoms with Crippen molar-refractivity contribution in [1.29, 1.82) is 0 Å². The third-order valence-electron chi connectivity index (χ3n) is 3.34. The van der Waals surface area contributed by atoms with Crippen LogP contribution in [0.1, 0.15) is 18.4 Å². The van der Waals surface area contributed by atoms with E-state index in [-0.39, 0.29) is 11.9 Å². The van der Waals surface area contributed by atoms with Gasteiger partial charge in [0.05, 0.1) is 11.9 Å². The Bertz CT molecular complexity index is 524. The topological polar surface area (TPSA) is 72.6 Å². The van der Waals surface area contributed by atoms with E-state index >= 15 is 0 Å². The third kappa shape index (κ3) is 3.68. The van der Waals surface area contributed by atoms with Gasteiger partial charge in [0.1, 0.15) is 0 Å². The van der Waals surface area contributed by atoms with Crippen molar-refractivity contribution in [2.45, 2.75) is 25.5 Å². The second-order valence-electron chi connectivity index (χ2n) is 4.87. The predicted octanol–water partition coefficient (Wildman–Crippen LogP) is 1.21. The molecule has 1 unspecified atom stereocenters. The van der Waals surface area contributed by atoms with Crippen LogP contribution in [-0.2, 0) is 21.3 Å². The van der Waals surface area contributed by atoms with Gasteiger partial charge in [-0.15, -0.1) is 0 Å². The fourth-order valence-electron chi connectivity index (χ4n) is 2.15. The molecular weight excluding hydrogens is 264 g/mol. The Kier molecular flexibility index (Phi) is 4.44. The quantitative estimate of drug-likeness (QED) is 0.825. The Labute approximate surface area is 114 Å². The van der Waals surface area contributed by atoms with E-state index in [4.69, 9.17) is 10.5 Å². The second-order valence-corrected chi connectivity index (χ2v) is 6.99. The summed E-state index contributed by atoms with van der Waals surface area (Å²) in [6.45, 7) is 0.956. The molecular formula is C13H20N2O3S. The van der Waals surface area contributed by atoms with E-state index in [9.17, 15) is 8.42 Å². The molecule has 6 heteroatoms. The van der Waals surface area contributed by atoms with Gasteiger partial charge >= 0.3 is 0 Å². The van der Waals surface area contributed by atoms with Gasteiger partial charge in [0.2, 0.25) is 10.0 Å². The van der Waals surface area contributed by atoms with Crippen molar-refractivity contribution in [3.05, 3.63) is 29.8 Å². The number of hydrogen-bond acceptors (Lipinski definition) is 4. The maximum atomic E-state index is 12.2. The largest absolute Gasteiger partial charge is 0.398 e. The molecule has 1 aliphatic rings. The van der Waals surface area contributed by atoms with E-state index in [0.717, 1.165) is 18.4 Å². The number of hydrogen-bond donors (Lipinski definition) is 1. The van der Waals surface area contributed by atoms with Crippen LogP contribution in [0.15, 0.2) is 24.3 Å². The molecule has 1 fully saturated rings. The van der Waals surface area contributed by atoms with Crippen molar-refractivity contribution in [3.8, 4) is 0 Å². The summed E-state index contributed by atoms with van der Waals surface area (Å²) in [5.41, 5.74) is 7.26. The van der Waals surface area contributed by atoms with E-state index in [0.29, 0.717) is 18.8 Å². The first-order valence-electron chi connectivity index (χ1n) is 6.38. The lowest BCUT2D eigenvalue weighted by Gasteiger charge is -2.20. The number of anilines is 1. The lowest BCUT2D eigenvalue weighted by Crippen LogP contribution is -2.33. The highest BCUT2D eigenvalue weighted by molar-refractivity contribution is 7.89. The summed E-state index contributed by atoms with van der Waals surface area (Å²) in [6, 6.07) is 7.30. The van der Waals surface area contributed by atoms with Crippen molar-refractivity contribution in [1.82, 2.24) is 4.31 Å². The highest BCUT2D eigenvalue weighted by Gasteiger charge is 2.26. The van der Waals surface area contributed by atoms with Gasteiger partial charge in [-0.3, -0.25) is 0 Å². The summed E-state index contributed by atoms with van der Waals surface area (Å²) in [5.74, 6) is 0.0518. The SMILES string of the molecule is CN(Cc1ccccc1N)S(=O)(=O)CC1CCCO1. The molecule has 2 rings (SSSR count). The van der Waals surface area contributed by atoms with Crippen LogP contribution in [0.4, 0.5) is 5.69 Å². The maximum absolute atomic E-state index is 12.2. The summed E-state index contributed by atoms with van der Waals surface area (Å²) in [6.07, 6.45) is 1.59. The predicted molar refractivity (Wildman–Crippen MR) is 75.1 cm³/mol. The first-order chi connectivity index (χ1) is 8.99. The summed E-state index contributed by atoms with van der Waals surface area (Å²) in [4.78, 5) is 0. The minimum Gasteiger partial charge on any atom is -0.398 e. The van der Waals surface area contributed by atoms with Gasteiger partial charge in [-0.05, 0) is 24.5 Å². The Hall–Kier alpha value is -1.11. The van der Waals surface area contributed by atoms with Crippen LogP contribution >= 0.6 is 0 Å². The van der Waals surface area contributed by atoms with Crippen LogP contribution in [0.25, 0.3) is 0 Å². The molecule has 1 heterocycles. The highest BCUT2D eigenvalue weighted by Crippen LogP contribution is 2.18. The number of ether oxygens (including phenoxy) is 1. The molecule has 1 atom stereocenters. The molecule has 19 heavy (non-hydrogen) atoms. The average molecular weight is 284 g/mol. The monoisotopic (exact) mass is 284 g/mol. The van der Waals surface area contributed by atoms with E-state index in [1.54, 1.807) is 13.1 Å². The normalized spacial score (nSPS) is 20.0. The fraction of sp³-hybridized carbons (Fsp3) is 0.538. The summed E-state index contributed by atoms with van der Waals surface area (Å²) >= 11 is 0. The van der Waals surface area contributed by atoms with Gasteiger partial charge in [-0.1, -0.05) is 18.2 Å². The minimum absolute atomic E-state index is 0.0518. The molecule has 0 spiro atoms. The number of rotatable bonds is 5. The summed E-state index contributed by atoms with van der Waals surface area (Å²) < 4.78 is 31.1. The number of sulfonamides is 1. The molecule has 0 saturated carbocycles. The Morgan fingerprint density at radius 3 is 2.79 bits per heavy atom. The van der Waals surface area contributed by atoms with Crippen LogP contribution in [0, 0.1) is 0 Å². The molecule has 1 aliphatic heterocycles. The first-order valence-corrected chi connectivity index (χ1v) is 7.99. The van der Waals surface area contributed by atoms with Gasteiger partial charge in [-0.25, -0.2) is 12.7 Å². The van der Waals surface area contributed by atoms with Gasteiger partial charge < -0.3 is 10.5 Å². The molecule has 106 valence electrons. The lowest BCUT2D eigenvalue weighted by molar-refractivity contribution is 0.126. The van der Waals surface area contributed by atoms with Crippen LogP contribution in [0.2, 0.25) is 0 Å². The fourth-order valence-corrected chi connectivity index (χ4v) is 3.48. The first kappa shape index (κ1) is 14.3. The summed E-state index contributed by atoms with van der Waals surface area (Å²) in [7, 11) is -1.73. The molecule has 1 aromatic rings. The molecule has 5 nitrogen and oxygen atoms in total. The minimum atomic E-state index is -3.31. The number of benzene rings is 1. The highest BCUT2D eigenvalue weighted by atomic mass is 32.2. The molecule has 0 aromatic heterocycles. The second kappa shape index (κ2) is 5.90. The van der Waals surface area contributed by atoms with Crippen molar-refractivity contribution >= 4 is 15.7 Å². The molecule has 0 amide bonds. The zero-order chi connectivity index (χ0) is 13.9. The van der Waals surface area contributed by atoms with Crippen LogP contribution in [-0.4, -0.2) is 38.2 Å². The molecule has 0 aliphatic carbocycles. The summed E-state index contributed by atoms with van der Waals surface area (Å²) in [5, 5.41) is 0.